The van der Waals surface area contributed by atoms with Crippen molar-refractivity contribution in [2.24, 2.45) is 0 Å². The van der Waals surface area contributed by atoms with Crippen LogP contribution in [-0.2, 0) is 27.1 Å². The van der Waals surface area contributed by atoms with Gasteiger partial charge in [0.25, 0.3) is 0 Å². The summed E-state index contributed by atoms with van der Waals surface area (Å²) in [6.45, 7) is 68.7. The Balaban J connectivity index is -0.000000240. The first-order valence-corrected chi connectivity index (χ1v) is 26.7. The monoisotopic (exact) mass is 970 g/mol. The second kappa shape index (κ2) is 35.9. The van der Waals surface area contributed by atoms with Crippen LogP contribution < -0.4 is 0 Å². The molecule has 0 N–H and O–H groups in total. The lowest BCUT2D eigenvalue weighted by Gasteiger charge is -2.20. The molecule has 0 fully saturated rings. The molecule has 0 aliphatic rings. The molecule has 0 amide bonds. The number of halogens is 2. The van der Waals surface area contributed by atoms with Gasteiger partial charge in [0, 0.05) is 17.3 Å². The summed E-state index contributed by atoms with van der Waals surface area (Å²) in [6, 6.07) is 26.8. The highest BCUT2D eigenvalue weighted by molar-refractivity contribution is 5.35. The predicted molar refractivity (Wildman–Crippen MR) is 318 cm³/mol. The van der Waals surface area contributed by atoms with Gasteiger partial charge in [-0.2, -0.15) is 0 Å². The zero-order valence-electron chi connectivity index (χ0n) is 52.3. The number of hydrogen-bond donors (Lipinski definition) is 0. The molecule has 0 unspecified atom stereocenters. The molecule has 1 nitrogen and oxygen atoms in total. The van der Waals surface area contributed by atoms with E-state index in [2.05, 4.69) is 198 Å². The average Bonchev–Trinajstić information content (AvgIpc) is 3.28. The topological polar surface area (TPSA) is 12.9 Å². The highest BCUT2D eigenvalue weighted by atomic mass is 19.1. The summed E-state index contributed by atoms with van der Waals surface area (Å²) in [6.07, 6.45) is 1.95. The fraction of sp³-hybridized carbons (Fsp3) is 0.567. The van der Waals surface area contributed by atoms with Gasteiger partial charge in [0.05, 0.1) is 0 Å². The van der Waals surface area contributed by atoms with Crippen molar-refractivity contribution in [2.75, 3.05) is 0 Å². The second-order valence-electron chi connectivity index (χ2n) is 21.9. The van der Waals surface area contributed by atoms with E-state index in [0.29, 0.717) is 5.56 Å². The minimum Gasteiger partial charge on any atom is -0.260 e. The molecule has 5 aromatic rings. The Morgan fingerprint density at radius 1 is 0.300 bits per heavy atom. The van der Waals surface area contributed by atoms with Crippen LogP contribution in [0.5, 0.6) is 0 Å². The summed E-state index contributed by atoms with van der Waals surface area (Å²) in [5.74, 6) is -0.202. The first-order chi connectivity index (χ1) is 32.0. The Morgan fingerprint density at radius 3 is 0.957 bits per heavy atom. The highest BCUT2D eigenvalue weighted by Gasteiger charge is 2.18. The van der Waals surface area contributed by atoms with E-state index in [1.165, 1.54) is 44.6 Å². The number of hydrogen-bond acceptors (Lipinski definition) is 1. The molecule has 1 heterocycles. The third-order valence-corrected chi connectivity index (χ3v) is 10.9. The Hall–Kier alpha value is -4.11. The van der Waals surface area contributed by atoms with Crippen molar-refractivity contribution in [2.45, 2.75) is 256 Å². The first kappa shape index (κ1) is 74.8. The maximum Gasteiger partial charge on any atom is 0.126 e. The molecule has 0 aliphatic carbocycles. The zero-order chi connectivity index (χ0) is 56.8. The largest absolute Gasteiger partial charge is 0.260 e. The van der Waals surface area contributed by atoms with Crippen LogP contribution in [0.1, 0.15) is 246 Å². The molecule has 1 aromatic heterocycles. The van der Waals surface area contributed by atoms with Gasteiger partial charge in [-0.25, -0.2) is 8.78 Å². The zero-order valence-corrected chi connectivity index (χ0v) is 52.3. The number of nitrogens with zero attached hydrogens (tertiary/aromatic N) is 1. The fourth-order valence-corrected chi connectivity index (χ4v) is 5.60. The number of benzene rings is 4. The molecule has 70 heavy (non-hydrogen) atoms. The van der Waals surface area contributed by atoms with Gasteiger partial charge in [0.1, 0.15) is 11.6 Å². The van der Waals surface area contributed by atoms with Crippen LogP contribution in [0, 0.1) is 67.0 Å². The number of pyridine rings is 1. The van der Waals surface area contributed by atoms with E-state index in [1.807, 2.05) is 101 Å². The van der Waals surface area contributed by atoms with Gasteiger partial charge in [-0.3, -0.25) is 4.98 Å². The quantitative estimate of drug-likeness (QED) is 0.151. The molecule has 0 spiro atoms. The van der Waals surface area contributed by atoms with E-state index in [4.69, 9.17) is 0 Å². The Morgan fingerprint density at radius 2 is 0.629 bits per heavy atom. The highest BCUT2D eigenvalue weighted by Crippen LogP contribution is 2.27. The van der Waals surface area contributed by atoms with Crippen molar-refractivity contribution in [3.63, 3.8) is 0 Å². The standard InChI is InChI=1S/C12H17F.C12H18.C11H15F.C11H17N.C11H16.5C2H6/c1-8-6-10(12(3,4)5)7-11(13)9(8)2;1-9-6-7-11(8-10(9)2)12(3,4)5;1-8-5-6-9(7-10(8)12)11(2,3)4;1-8-6-10(11(3,4)5)12-7-9(8)2;1-9-5-7-10(8-6-9)11(2,3)4;5*1-2/h6-7H,1-5H3;6-8H,1-5H3;5-7H,1-4H3;6-7H,1-5H3;5-8H,1-4H3;5*1-2H3. The number of rotatable bonds is 0. The molecule has 0 radical (unpaired) electrons. The van der Waals surface area contributed by atoms with Crippen LogP contribution in [0.2, 0.25) is 0 Å². The average molecular weight is 971 g/mol. The predicted octanol–water partition coefficient (Wildman–Crippen LogP) is 22.2. The summed E-state index contributed by atoms with van der Waals surface area (Å²) in [5.41, 5.74) is 16.1. The molecular formula is C67H113F2N. The van der Waals surface area contributed by atoms with Crippen LogP contribution >= 0.6 is 0 Å². The molecule has 0 atom stereocenters. The Labute approximate surface area is 436 Å². The van der Waals surface area contributed by atoms with Crippen molar-refractivity contribution >= 4 is 0 Å². The van der Waals surface area contributed by atoms with Crippen LogP contribution in [0.15, 0.2) is 85.1 Å². The van der Waals surface area contributed by atoms with Gasteiger partial charge in [-0.15, -0.1) is 0 Å². The van der Waals surface area contributed by atoms with Crippen LogP contribution in [0.25, 0.3) is 0 Å². The molecule has 0 aliphatic heterocycles. The third-order valence-electron chi connectivity index (χ3n) is 10.9. The van der Waals surface area contributed by atoms with Crippen molar-refractivity contribution in [3.8, 4) is 0 Å². The summed E-state index contributed by atoms with van der Waals surface area (Å²) in [5, 5.41) is 0. The van der Waals surface area contributed by atoms with Crippen molar-refractivity contribution in [1.82, 2.24) is 4.98 Å². The summed E-state index contributed by atoms with van der Waals surface area (Å²) in [4.78, 5) is 4.41. The summed E-state index contributed by atoms with van der Waals surface area (Å²) in [7, 11) is 0. The van der Waals surface area contributed by atoms with Crippen LogP contribution in [-0.4, -0.2) is 4.98 Å². The van der Waals surface area contributed by atoms with E-state index >= 15 is 0 Å². The van der Waals surface area contributed by atoms with Gasteiger partial charge in [-0.1, -0.05) is 239 Å². The fourth-order valence-electron chi connectivity index (χ4n) is 5.60. The lowest BCUT2D eigenvalue weighted by Crippen LogP contribution is -2.13. The van der Waals surface area contributed by atoms with Gasteiger partial charge in [-0.05, 0) is 156 Å². The molecule has 400 valence electrons. The van der Waals surface area contributed by atoms with Crippen molar-refractivity contribution in [1.29, 1.82) is 0 Å². The minimum atomic E-state index is -0.109. The van der Waals surface area contributed by atoms with E-state index in [9.17, 15) is 8.78 Å². The molecule has 5 rings (SSSR count). The molecule has 0 saturated heterocycles. The Kier molecular flexibility index (Phi) is 38.4. The maximum absolute atomic E-state index is 13.4. The number of aromatic nitrogens is 1. The maximum atomic E-state index is 13.4. The van der Waals surface area contributed by atoms with Gasteiger partial charge < -0.3 is 0 Å². The van der Waals surface area contributed by atoms with Crippen LogP contribution in [0.4, 0.5) is 8.78 Å². The first-order valence-electron chi connectivity index (χ1n) is 26.7. The molecule has 0 bridgehead atoms. The lowest BCUT2D eigenvalue weighted by molar-refractivity contribution is 0.567. The summed E-state index contributed by atoms with van der Waals surface area (Å²) >= 11 is 0. The summed E-state index contributed by atoms with van der Waals surface area (Å²) < 4.78 is 26.5. The number of aryl methyl sites for hydroxylation is 7. The smallest absolute Gasteiger partial charge is 0.126 e. The molecular weight excluding hydrogens is 857 g/mol. The molecule has 3 heteroatoms. The molecule has 0 saturated carbocycles. The van der Waals surface area contributed by atoms with Crippen molar-refractivity contribution < 1.29 is 8.78 Å². The second-order valence-corrected chi connectivity index (χ2v) is 21.9. The Bertz CT molecular complexity index is 1930. The van der Waals surface area contributed by atoms with Gasteiger partial charge in [0.2, 0.25) is 0 Å². The van der Waals surface area contributed by atoms with Crippen molar-refractivity contribution in [3.05, 3.63) is 169 Å². The third kappa shape index (κ3) is 30.6. The van der Waals surface area contributed by atoms with E-state index < -0.39 is 0 Å². The molecule has 4 aromatic carbocycles. The van der Waals surface area contributed by atoms with Crippen LogP contribution in [0.3, 0.4) is 0 Å². The van der Waals surface area contributed by atoms with E-state index in [-0.39, 0.29) is 38.7 Å². The minimum absolute atomic E-state index is 0.0271. The van der Waals surface area contributed by atoms with Gasteiger partial charge >= 0.3 is 0 Å². The SMILES string of the molecule is CC.CC.CC.CC.CC.Cc1cc(C(C)(C)C)cc(F)c1C.Cc1ccc(C(C)(C)C)cc1.Cc1ccc(C(C)(C)C)cc1C.Cc1ccc(C(C)(C)C)cc1F.Cc1cnc(C(C)(C)C)cc1C. The van der Waals surface area contributed by atoms with E-state index in [0.717, 1.165) is 22.3 Å². The van der Waals surface area contributed by atoms with E-state index in [1.54, 1.807) is 19.1 Å². The normalized spacial score (nSPS) is 10.5. The van der Waals surface area contributed by atoms with Gasteiger partial charge in [0.15, 0.2) is 0 Å². The lowest BCUT2D eigenvalue weighted by atomic mass is 9.85.